The lowest BCUT2D eigenvalue weighted by Crippen LogP contribution is -2.50. The number of carboxylic acid groups (broad SMARTS) is 1. The molecule has 6 rings (SSSR count). The van der Waals surface area contributed by atoms with Gasteiger partial charge in [-0.15, -0.1) is 0 Å². The Morgan fingerprint density at radius 1 is 0.757 bits per heavy atom. The molecule has 3 heterocycles. The van der Waals surface area contributed by atoms with Crippen LogP contribution in [0.4, 0.5) is 0 Å². The molecule has 0 unspecified atom stereocenters. The Morgan fingerprint density at radius 3 is 1.76 bits per heavy atom. The van der Waals surface area contributed by atoms with Crippen LogP contribution in [0, 0.1) is 0 Å². The Hall–Kier alpha value is -4.78. The maximum Gasteiger partial charge on any atom is 0.326 e. The first-order valence-corrected chi connectivity index (χ1v) is 12.2. The third kappa shape index (κ3) is 3.67. The third-order valence-corrected chi connectivity index (χ3v) is 7.41. The highest BCUT2D eigenvalue weighted by Crippen LogP contribution is 2.40. The molecular formula is C30H26N4O3. The van der Waals surface area contributed by atoms with E-state index in [0.717, 1.165) is 49.4 Å². The Bertz CT molecular complexity index is 1700. The van der Waals surface area contributed by atoms with Gasteiger partial charge in [-0.3, -0.25) is 4.79 Å². The zero-order valence-electron chi connectivity index (χ0n) is 20.2. The number of amides is 1. The van der Waals surface area contributed by atoms with E-state index in [0.29, 0.717) is 0 Å². The molecule has 6 aromatic rings. The second-order valence-corrected chi connectivity index (χ2v) is 9.55. The van der Waals surface area contributed by atoms with Crippen LogP contribution in [0.3, 0.4) is 0 Å². The first kappa shape index (κ1) is 22.7. The van der Waals surface area contributed by atoms with Gasteiger partial charge in [-0.1, -0.05) is 54.6 Å². The highest BCUT2D eigenvalue weighted by Gasteiger charge is 2.42. The number of rotatable bonds is 7. The SMILES string of the molecule is CC(C(=O)N[C@@H](Cc1c[nH]c2ccccc12)C(=O)O)(c1c[nH]c2ccccc12)c1c[nH]c2ccccc12. The van der Waals surface area contributed by atoms with Gasteiger partial charge < -0.3 is 25.4 Å². The van der Waals surface area contributed by atoms with Gasteiger partial charge in [-0.25, -0.2) is 4.79 Å². The summed E-state index contributed by atoms with van der Waals surface area (Å²) in [5.41, 5.74) is 3.96. The average molecular weight is 491 g/mol. The quantitative estimate of drug-likeness (QED) is 0.211. The van der Waals surface area contributed by atoms with Gasteiger partial charge in [0.05, 0.1) is 0 Å². The van der Waals surface area contributed by atoms with Crippen molar-refractivity contribution in [2.45, 2.75) is 24.8 Å². The molecule has 5 N–H and O–H groups in total. The minimum atomic E-state index is -1.17. The topological polar surface area (TPSA) is 114 Å². The van der Waals surface area contributed by atoms with E-state index in [4.69, 9.17) is 0 Å². The fraction of sp³-hybridized carbons (Fsp3) is 0.133. The monoisotopic (exact) mass is 490 g/mol. The third-order valence-electron chi connectivity index (χ3n) is 7.41. The lowest BCUT2D eigenvalue weighted by molar-refractivity contribution is -0.142. The number of aliphatic carboxylic acids is 1. The number of aromatic amines is 3. The van der Waals surface area contributed by atoms with Gasteiger partial charge in [0.1, 0.15) is 11.5 Å². The minimum Gasteiger partial charge on any atom is -0.480 e. The fourth-order valence-corrected chi connectivity index (χ4v) is 5.38. The summed E-state index contributed by atoms with van der Waals surface area (Å²) in [6.07, 6.45) is 5.66. The molecule has 1 atom stereocenters. The van der Waals surface area contributed by atoms with Crippen LogP contribution in [-0.2, 0) is 21.4 Å². The van der Waals surface area contributed by atoms with E-state index in [2.05, 4.69) is 20.3 Å². The number of para-hydroxylation sites is 3. The molecule has 0 radical (unpaired) electrons. The van der Waals surface area contributed by atoms with Crippen molar-refractivity contribution in [2.75, 3.05) is 0 Å². The number of fused-ring (bicyclic) bond motifs is 3. The lowest BCUT2D eigenvalue weighted by atomic mass is 9.75. The van der Waals surface area contributed by atoms with E-state index >= 15 is 0 Å². The van der Waals surface area contributed by atoms with Crippen LogP contribution in [0.25, 0.3) is 32.7 Å². The second-order valence-electron chi connectivity index (χ2n) is 9.55. The number of nitrogens with one attached hydrogen (secondary N) is 4. The maximum absolute atomic E-state index is 14.2. The Morgan fingerprint density at radius 2 is 1.22 bits per heavy atom. The lowest BCUT2D eigenvalue weighted by Gasteiger charge is -2.30. The van der Waals surface area contributed by atoms with Crippen LogP contribution < -0.4 is 5.32 Å². The Kier molecular flexibility index (Phi) is 5.34. The highest BCUT2D eigenvalue weighted by atomic mass is 16.4. The summed E-state index contributed by atoms with van der Waals surface area (Å²) in [6.45, 7) is 1.86. The summed E-state index contributed by atoms with van der Waals surface area (Å²) in [6, 6.07) is 22.2. The van der Waals surface area contributed by atoms with E-state index < -0.39 is 17.4 Å². The Labute approximate surface area is 212 Å². The van der Waals surface area contributed by atoms with Gasteiger partial charge in [0.2, 0.25) is 5.91 Å². The molecule has 7 heteroatoms. The van der Waals surface area contributed by atoms with Crippen molar-refractivity contribution in [3.63, 3.8) is 0 Å². The number of carbonyl (C=O) groups is 2. The fourth-order valence-electron chi connectivity index (χ4n) is 5.38. The van der Waals surface area contributed by atoms with Crippen molar-refractivity contribution < 1.29 is 14.7 Å². The number of hydrogen-bond donors (Lipinski definition) is 5. The summed E-state index contributed by atoms with van der Waals surface area (Å²) in [7, 11) is 0. The molecule has 37 heavy (non-hydrogen) atoms. The highest BCUT2D eigenvalue weighted by molar-refractivity contribution is 6.03. The van der Waals surface area contributed by atoms with Gasteiger partial charge >= 0.3 is 5.97 Å². The van der Waals surface area contributed by atoms with Crippen molar-refractivity contribution in [2.24, 2.45) is 0 Å². The van der Waals surface area contributed by atoms with Crippen LogP contribution in [0.2, 0.25) is 0 Å². The zero-order valence-corrected chi connectivity index (χ0v) is 20.2. The van der Waals surface area contributed by atoms with E-state index in [1.807, 2.05) is 98.3 Å². The van der Waals surface area contributed by atoms with Crippen LogP contribution in [-0.4, -0.2) is 38.0 Å². The summed E-state index contributed by atoms with van der Waals surface area (Å²) >= 11 is 0. The molecule has 3 aromatic heterocycles. The first-order chi connectivity index (χ1) is 18.0. The normalized spacial score (nSPS) is 12.8. The standard InChI is InChI=1S/C30H26N4O3/c1-30(22-16-32-25-12-6-3-9-20(22)25,23-17-33-26-13-7-4-10-21(23)26)29(37)34-27(28(35)36)14-18-15-31-24-11-5-2-8-19(18)24/h2-13,15-17,27,31-33H,14H2,1H3,(H,34,37)(H,35,36)/t27-/m0/s1. The van der Waals surface area contributed by atoms with Crippen molar-refractivity contribution in [1.82, 2.24) is 20.3 Å². The van der Waals surface area contributed by atoms with Crippen LogP contribution in [0.5, 0.6) is 0 Å². The molecule has 0 bridgehead atoms. The van der Waals surface area contributed by atoms with Crippen molar-refractivity contribution in [1.29, 1.82) is 0 Å². The van der Waals surface area contributed by atoms with Gasteiger partial charge in [-0.05, 0) is 41.8 Å². The number of aromatic nitrogens is 3. The molecule has 3 aromatic carbocycles. The van der Waals surface area contributed by atoms with Gasteiger partial charge in [-0.2, -0.15) is 0 Å². The van der Waals surface area contributed by atoms with Crippen LogP contribution >= 0.6 is 0 Å². The first-order valence-electron chi connectivity index (χ1n) is 12.2. The minimum absolute atomic E-state index is 0.156. The molecule has 1 amide bonds. The molecule has 0 aliphatic heterocycles. The van der Waals surface area contributed by atoms with Crippen molar-refractivity contribution >= 4 is 44.6 Å². The zero-order chi connectivity index (χ0) is 25.6. The number of hydrogen-bond acceptors (Lipinski definition) is 2. The van der Waals surface area contributed by atoms with E-state index in [9.17, 15) is 14.7 Å². The molecule has 184 valence electrons. The predicted molar refractivity (Wildman–Crippen MR) is 145 cm³/mol. The molecule has 0 saturated heterocycles. The molecule has 0 spiro atoms. The summed E-state index contributed by atoms with van der Waals surface area (Å²) in [5, 5.41) is 15.8. The molecular weight excluding hydrogens is 464 g/mol. The number of benzene rings is 3. The largest absolute Gasteiger partial charge is 0.480 e. The van der Waals surface area contributed by atoms with E-state index in [1.165, 1.54) is 0 Å². The Balaban J connectivity index is 1.44. The van der Waals surface area contributed by atoms with Crippen molar-refractivity contribution in [3.05, 3.63) is 108 Å². The smallest absolute Gasteiger partial charge is 0.326 e. The van der Waals surface area contributed by atoms with Crippen LogP contribution in [0.15, 0.2) is 91.4 Å². The molecule has 0 aliphatic carbocycles. The van der Waals surface area contributed by atoms with E-state index in [1.54, 1.807) is 0 Å². The predicted octanol–water partition coefficient (Wildman–Crippen LogP) is 5.25. The van der Waals surface area contributed by atoms with Crippen molar-refractivity contribution in [3.8, 4) is 0 Å². The summed E-state index contributed by atoms with van der Waals surface area (Å²) < 4.78 is 0. The molecule has 7 nitrogen and oxygen atoms in total. The number of H-pyrrole nitrogens is 3. The van der Waals surface area contributed by atoms with Gasteiger partial charge in [0, 0.05) is 57.7 Å². The second kappa shape index (κ2) is 8.71. The summed E-state index contributed by atoms with van der Waals surface area (Å²) in [5.74, 6) is -1.46. The molecule has 0 aliphatic rings. The van der Waals surface area contributed by atoms with Gasteiger partial charge in [0.15, 0.2) is 0 Å². The maximum atomic E-state index is 14.2. The van der Waals surface area contributed by atoms with Crippen LogP contribution in [0.1, 0.15) is 23.6 Å². The van der Waals surface area contributed by atoms with Gasteiger partial charge in [0.25, 0.3) is 0 Å². The molecule has 0 saturated carbocycles. The molecule has 0 fully saturated rings. The number of carboxylic acids is 1. The number of carbonyl (C=O) groups excluding carboxylic acids is 1. The summed E-state index contributed by atoms with van der Waals surface area (Å²) in [4.78, 5) is 36.4. The average Bonchev–Trinajstić information content (AvgIpc) is 3.65. The van der Waals surface area contributed by atoms with E-state index in [-0.39, 0.29) is 12.3 Å².